The Bertz CT molecular complexity index is 1160. The van der Waals surface area contributed by atoms with E-state index in [-0.39, 0.29) is 11.3 Å². The van der Waals surface area contributed by atoms with Crippen LogP contribution in [0.2, 0.25) is 0 Å². The first kappa shape index (κ1) is 19.9. The molecule has 0 unspecified atom stereocenters. The van der Waals surface area contributed by atoms with Crippen molar-refractivity contribution < 1.29 is 14.3 Å². The molecule has 3 aromatic rings. The molecule has 0 saturated carbocycles. The molecule has 1 aromatic heterocycles. The van der Waals surface area contributed by atoms with Crippen molar-refractivity contribution in [2.45, 2.75) is 13.3 Å². The summed E-state index contributed by atoms with van der Waals surface area (Å²) in [5.74, 6) is 0.190. The van der Waals surface area contributed by atoms with Gasteiger partial charge in [-0.25, -0.2) is 9.36 Å². The quantitative estimate of drug-likeness (QED) is 0.667. The second kappa shape index (κ2) is 8.47. The van der Waals surface area contributed by atoms with Gasteiger partial charge in [-0.15, -0.1) is 0 Å². The van der Waals surface area contributed by atoms with Gasteiger partial charge >= 0.3 is 5.69 Å². The topological polar surface area (TPSA) is 102 Å². The molecule has 0 fully saturated rings. The van der Waals surface area contributed by atoms with Crippen molar-refractivity contribution >= 4 is 11.6 Å². The summed E-state index contributed by atoms with van der Waals surface area (Å²) in [5, 5.41) is 2.74. The first-order valence-electron chi connectivity index (χ1n) is 8.96. The lowest BCUT2D eigenvalue weighted by Gasteiger charge is -2.12. The first-order chi connectivity index (χ1) is 14.0. The van der Waals surface area contributed by atoms with Gasteiger partial charge in [-0.1, -0.05) is 25.1 Å². The van der Waals surface area contributed by atoms with E-state index in [1.807, 2.05) is 19.1 Å². The monoisotopic (exact) mass is 395 g/mol. The van der Waals surface area contributed by atoms with Crippen LogP contribution in [0.25, 0.3) is 5.69 Å². The molecule has 1 heterocycles. The Kier molecular flexibility index (Phi) is 5.82. The van der Waals surface area contributed by atoms with Crippen molar-refractivity contribution in [3.05, 3.63) is 80.6 Å². The Balaban J connectivity index is 2.05. The normalized spacial score (nSPS) is 10.4. The fourth-order valence-corrected chi connectivity index (χ4v) is 2.97. The third kappa shape index (κ3) is 3.91. The molecule has 0 aliphatic carbocycles. The summed E-state index contributed by atoms with van der Waals surface area (Å²) >= 11 is 0. The van der Waals surface area contributed by atoms with E-state index in [9.17, 15) is 14.4 Å². The Morgan fingerprint density at radius 3 is 2.48 bits per heavy atom. The highest BCUT2D eigenvalue weighted by Crippen LogP contribution is 2.28. The number of carbonyl (C=O) groups excluding carboxylic acids is 1. The molecule has 8 heteroatoms. The van der Waals surface area contributed by atoms with E-state index < -0.39 is 17.2 Å². The van der Waals surface area contributed by atoms with E-state index in [0.29, 0.717) is 17.2 Å². The van der Waals surface area contributed by atoms with Crippen LogP contribution in [0.1, 0.15) is 22.8 Å². The molecule has 0 spiro atoms. The zero-order valence-corrected chi connectivity index (χ0v) is 16.3. The van der Waals surface area contributed by atoms with E-state index >= 15 is 0 Å². The Morgan fingerprint density at radius 2 is 1.79 bits per heavy atom. The molecule has 150 valence electrons. The third-order valence-electron chi connectivity index (χ3n) is 4.49. The molecule has 0 aliphatic heterocycles. The van der Waals surface area contributed by atoms with Gasteiger partial charge in [0.15, 0.2) is 11.5 Å². The predicted molar refractivity (Wildman–Crippen MR) is 110 cm³/mol. The number of aromatic amines is 1. The number of benzene rings is 2. The zero-order valence-electron chi connectivity index (χ0n) is 16.3. The van der Waals surface area contributed by atoms with Crippen LogP contribution in [0.4, 0.5) is 5.69 Å². The number of methoxy groups -OCH3 is 2. The first-order valence-corrected chi connectivity index (χ1v) is 8.96. The average Bonchev–Trinajstić information content (AvgIpc) is 2.73. The summed E-state index contributed by atoms with van der Waals surface area (Å²) < 4.78 is 11.3. The summed E-state index contributed by atoms with van der Waals surface area (Å²) in [6, 6.07) is 11.9. The van der Waals surface area contributed by atoms with Crippen molar-refractivity contribution in [2.24, 2.45) is 0 Å². The van der Waals surface area contributed by atoms with E-state index in [2.05, 4.69) is 10.3 Å². The Morgan fingerprint density at radius 1 is 1.07 bits per heavy atom. The fourth-order valence-electron chi connectivity index (χ4n) is 2.97. The minimum atomic E-state index is -0.743. The van der Waals surface area contributed by atoms with Crippen LogP contribution in [-0.4, -0.2) is 29.7 Å². The maximum Gasteiger partial charge on any atom is 0.333 e. The number of aryl methyl sites for hydroxylation is 1. The lowest BCUT2D eigenvalue weighted by molar-refractivity contribution is 0.102. The molecule has 8 nitrogen and oxygen atoms in total. The van der Waals surface area contributed by atoms with Crippen molar-refractivity contribution in [3.8, 4) is 17.2 Å². The minimum Gasteiger partial charge on any atom is -0.493 e. The lowest BCUT2D eigenvalue weighted by atomic mass is 10.1. The lowest BCUT2D eigenvalue weighted by Crippen LogP contribution is -2.38. The fraction of sp³-hybridized carbons (Fsp3) is 0.190. The van der Waals surface area contributed by atoms with Gasteiger partial charge in [0.05, 0.1) is 19.9 Å². The smallest absolute Gasteiger partial charge is 0.333 e. The van der Waals surface area contributed by atoms with Crippen LogP contribution in [-0.2, 0) is 6.42 Å². The van der Waals surface area contributed by atoms with Gasteiger partial charge in [-0.3, -0.25) is 9.59 Å². The minimum absolute atomic E-state index is 0.190. The maximum atomic E-state index is 12.9. The molecule has 2 N–H and O–H groups in total. The number of rotatable bonds is 6. The van der Waals surface area contributed by atoms with E-state index in [1.165, 1.54) is 26.4 Å². The molecule has 3 rings (SSSR count). The highest BCUT2D eigenvalue weighted by Gasteiger charge is 2.18. The Hall–Kier alpha value is -3.81. The van der Waals surface area contributed by atoms with Gasteiger partial charge in [0.1, 0.15) is 5.56 Å². The number of hydrogen-bond donors (Lipinski definition) is 2. The molecule has 2 aromatic carbocycles. The van der Waals surface area contributed by atoms with Crippen molar-refractivity contribution in [1.29, 1.82) is 0 Å². The second-order valence-corrected chi connectivity index (χ2v) is 6.15. The second-order valence-electron chi connectivity index (χ2n) is 6.15. The molecule has 0 radical (unpaired) electrons. The number of anilines is 1. The van der Waals surface area contributed by atoms with Gasteiger partial charge in [0, 0.05) is 18.0 Å². The van der Waals surface area contributed by atoms with Crippen LogP contribution in [0.3, 0.4) is 0 Å². The molecule has 29 heavy (non-hydrogen) atoms. The van der Waals surface area contributed by atoms with Crippen molar-refractivity contribution in [2.75, 3.05) is 19.5 Å². The predicted octanol–water partition coefficient (Wildman–Crippen LogP) is 2.36. The number of H-pyrrole nitrogens is 1. The number of para-hydroxylation sites is 1. The molecule has 0 bridgehead atoms. The summed E-state index contributed by atoms with van der Waals surface area (Å²) in [5.41, 5.74) is 0.191. The Labute approximate surface area is 166 Å². The molecular weight excluding hydrogens is 374 g/mol. The van der Waals surface area contributed by atoms with Crippen LogP contribution >= 0.6 is 0 Å². The van der Waals surface area contributed by atoms with Crippen LogP contribution in [0.5, 0.6) is 11.5 Å². The summed E-state index contributed by atoms with van der Waals surface area (Å²) in [4.78, 5) is 40.4. The number of ether oxygens (including phenoxy) is 2. The number of nitrogens with one attached hydrogen (secondary N) is 2. The van der Waals surface area contributed by atoms with Gasteiger partial charge in [0.2, 0.25) is 0 Å². The molecular formula is C21H21N3O5. The van der Waals surface area contributed by atoms with Gasteiger partial charge < -0.3 is 19.8 Å². The highest BCUT2D eigenvalue weighted by atomic mass is 16.5. The standard InChI is InChI=1S/C21H21N3O5/c1-4-13-7-5-6-8-16(13)23-19(25)15-12-22-21(27)24(20(15)26)14-9-10-17(28-2)18(11-14)29-3/h5-12H,4H2,1-3H3,(H,22,27)(H,23,25). The summed E-state index contributed by atoms with van der Waals surface area (Å²) in [6.07, 6.45) is 1.84. The molecule has 0 saturated heterocycles. The molecule has 1 amide bonds. The molecule has 0 aliphatic rings. The van der Waals surface area contributed by atoms with Crippen LogP contribution in [0.15, 0.2) is 58.3 Å². The van der Waals surface area contributed by atoms with Gasteiger partial charge in [0.25, 0.3) is 11.5 Å². The number of hydrogen-bond acceptors (Lipinski definition) is 5. The third-order valence-corrected chi connectivity index (χ3v) is 4.49. The van der Waals surface area contributed by atoms with Crippen molar-refractivity contribution in [1.82, 2.24) is 9.55 Å². The number of carbonyl (C=O) groups is 1. The number of amides is 1. The average molecular weight is 395 g/mol. The van der Waals surface area contributed by atoms with E-state index in [0.717, 1.165) is 22.7 Å². The van der Waals surface area contributed by atoms with Crippen molar-refractivity contribution in [3.63, 3.8) is 0 Å². The molecule has 0 atom stereocenters. The largest absolute Gasteiger partial charge is 0.493 e. The zero-order chi connectivity index (χ0) is 21.0. The van der Waals surface area contributed by atoms with E-state index in [4.69, 9.17) is 9.47 Å². The van der Waals surface area contributed by atoms with Gasteiger partial charge in [-0.05, 0) is 30.2 Å². The van der Waals surface area contributed by atoms with Crippen LogP contribution in [0, 0.1) is 0 Å². The highest BCUT2D eigenvalue weighted by molar-refractivity contribution is 6.04. The summed E-state index contributed by atoms with van der Waals surface area (Å²) in [7, 11) is 2.93. The van der Waals surface area contributed by atoms with E-state index in [1.54, 1.807) is 18.2 Å². The van der Waals surface area contributed by atoms with Crippen LogP contribution < -0.4 is 26.0 Å². The summed E-state index contributed by atoms with van der Waals surface area (Å²) in [6.45, 7) is 1.97. The number of nitrogens with zero attached hydrogens (tertiary/aromatic N) is 1. The SMILES string of the molecule is CCc1ccccc1NC(=O)c1c[nH]c(=O)n(-c2ccc(OC)c(OC)c2)c1=O. The maximum absolute atomic E-state index is 12.9. The van der Waals surface area contributed by atoms with Gasteiger partial charge in [-0.2, -0.15) is 0 Å². The number of aromatic nitrogens is 2.